The summed E-state index contributed by atoms with van der Waals surface area (Å²) in [6.07, 6.45) is -0.379. The van der Waals surface area contributed by atoms with Gasteiger partial charge in [-0.1, -0.05) is 6.07 Å². The molecule has 0 bridgehead atoms. The molecule has 0 saturated carbocycles. The van der Waals surface area contributed by atoms with E-state index in [0.717, 1.165) is 6.92 Å². The zero-order valence-electron chi connectivity index (χ0n) is 10.4. The second-order valence-electron chi connectivity index (χ2n) is 3.81. The third-order valence-corrected chi connectivity index (χ3v) is 3.54. The van der Waals surface area contributed by atoms with Crippen molar-refractivity contribution in [1.29, 1.82) is 0 Å². The van der Waals surface area contributed by atoms with E-state index in [0.29, 0.717) is 5.56 Å². The van der Waals surface area contributed by atoms with Gasteiger partial charge in [0.2, 0.25) is 0 Å². The molecule has 0 aromatic heterocycles. The fourth-order valence-corrected chi connectivity index (χ4v) is 1.64. The molecule has 18 heavy (non-hydrogen) atoms. The molecule has 0 fully saturated rings. The van der Waals surface area contributed by atoms with E-state index in [1.54, 1.807) is 0 Å². The minimum Gasteiger partial charge on any atom is -0.746 e. The minimum absolute atomic E-state index is 0. The molecule has 0 spiro atoms. The van der Waals surface area contributed by atoms with Crippen LogP contribution in [0.25, 0.3) is 0 Å². The predicted octanol–water partition coefficient (Wildman–Crippen LogP) is -2.80. The first-order valence-corrected chi connectivity index (χ1v) is 6.12. The molecule has 1 rings (SSSR count). The van der Waals surface area contributed by atoms with Gasteiger partial charge < -0.3 is 19.5 Å². The van der Waals surface area contributed by atoms with E-state index >= 15 is 0 Å². The van der Waals surface area contributed by atoms with Crippen molar-refractivity contribution >= 4 is 10.1 Å². The van der Waals surface area contributed by atoms with Crippen molar-refractivity contribution < 1.29 is 57.5 Å². The summed E-state index contributed by atoms with van der Waals surface area (Å²) in [5.41, 5.74) is 0.365. The molecule has 0 aliphatic rings. The van der Waals surface area contributed by atoms with Crippen LogP contribution in [0.3, 0.4) is 0 Å². The maximum absolute atomic E-state index is 10.8. The van der Waals surface area contributed by atoms with Gasteiger partial charge in [0.25, 0.3) is 0 Å². The van der Waals surface area contributed by atoms with Gasteiger partial charge in [0.1, 0.15) is 10.1 Å². The van der Waals surface area contributed by atoms with Crippen LogP contribution in [-0.4, -0.2) is 35.2 Å². The quantitative estimate of drug-likeness (QED) is 0.457. The van der Waals surface area contributed by atoms with Crippen LogP contribution in [-0.2, 0) is 16.5 Å². The van der Waals surface area contributed by atoms with Gasteiger partial charge in [0.05, 0.1) is 7.11 Å². The van der Waals surface area contributed by atoms with E-state index in [-0.39, 0.29) is 47.5 Å². The van der Waals surface area contributed by atoms with Crippen molar-refractivity contribution in [2.24, 2.45) is 0 Å². The number of phenols is 1. The Bertz CT molecular complexity index is 511. The summed E-state index contributed by atoms with van der Waals surface area (Å²) in [7, 11) is -3.49. The molecule has 0 heterocycles. The van der Waals surface area contributed by atoms with Gasteiger partial charge in [-0.2, -0.15) is 0 Å². The Morgan fingerprint density at radius 2 is 2.00 bits per heavy atom. The van der Waals surface area contributed by atoms with E-state index in [4.69, 9.17) is 4.74 Å². The van der Waals surface area contributed by atoms with Crippen LogP contribution >= 0.6 is 0 Å². The number of rotatable bonds is 4. The van der Waals surface area contributed by atoms with Crippen LogP contribution in [0.15, 0.2) is 18.2 Å². The van der Waals surface area contributed by atoms with Crippen molar-refractivity contribution in [3.8, 4) is 11.5 Å². The second-order valence-corrected chi connectivity index (χ2v) is 5.60. The van der Waals surface area contributed by atoms with Gasteiger partial charge in [0.15, 0.2) is 16.4 Å². The van der Waals surface area contributed by atoms with Gasteiger partial charge in [-0.05, 0) is 24.6 Å². The first-order valence-electron chi connectivity index (χ1n) is 4.71. The third kappa shape index (κ3) is 4.11. The summed E-state index contributed by atoms with van der Waals surface area (Å²) in [6, 6.07) is 4.05. The number of phenolic OH excluding ortho intramolecular Hbond substituents is 1. The SMILES string of the molecule is COc1cc(CC(C)(O)S(=O)(=O)[O-])ccc1O.[Na+]. The average molecular weight is 284 g/mol. The number of aliphatic hydroxyl groups is 1. The first kappa shape index (κ1) is 17.7. The molecule has 0 amide bonds. The molecule has 0 aliphatic heterocycles. The zero-order valence-corrected chi connectivity index (χ0v) is 13.2. The van der Waals surface area contributed by atoms with Gasteiger partial charge in [-0.25, -0.2) is 8.42 Å². The van der Waals surface area contributed by atoms with Crippen molar-refractivity contribution in [3.05, 3.63) is 23.8 Å². The van der Waals surface area contributed by atoms with Crippen molar-refractivity contribution in [2.45, 2.75) is 18.3 Å². The number of ether oxygens (including phenoxy) is 1. The molecule has 1 unspecified atom stereocenters. The smallest absolute Gasteiger partial charge is 0.746 e. The number of aromatic hydroxyl groups is 1. The average Bonchev–Trinajstić information content (AvgIpc) is 2.19. The number of hydrogen-bond acceptors (Lipinski definition) is 6. The molecule has 1 aromatic rings. The molecular formula is C10H13NaO6S. The molecule has 1 aromatic carbocycles. The van der Waals surface area contributed by atoms with Gasteiger partial charge in [-0.15, -0.1) is 0 Å². The number of methoxy groups -OCH3 is 1. The summed E-state index contributed by atoms with van der Waals surface area (Å²) in [5.74, 6) is 0.0301. The topological polar surface area (TPSA) is 107 Å². The van der Waals surface area contributed by atoms with Crippen LogP contribution in [0.4, 0.5) is 0 Å². The maximum atomic E-state index is 10.8. The van der Waals surface area contributed by atoms with Crippen LogP contribution < -0.4 is 34.3 Å². The maximum Gasteiger partial charge on any atom is 1.00 e. The van der Waals surface area contributed by atoms with Crippen LogP contribution in [0.1, 0.15) is 12.5 Å². The Kier molecular flexibility index (Phi) is 6.12. The Hall–Kier alpha value is -0.310. The summed E-state index contributed by atoms with van der Waals surface area (Å²) in [4.78, 5) is -2.39. The van der Waals surface area contributed by atoms with E-state index in [1.807, 2.05) is 0 Å². The molecule has 96 valence electrons. The van der Waals surface area contributed by atoms with Crippen LogP contribution in [0, 0.1) is 0 Å². The fourth-order valence-electron chi connectivity index (χ4n) is 1.30. The minimum atomic E-state index is -4.83. The van der Waals surface area contributed by atoms with Crippen LogP contribution in [0.2, 0.25) is 0 Å². The van der Waals surface area contributed by atoms with Crippen LogP contribution in [0.5, 0.6) is 11.5 Å². The summed E-state index contributed by atoms with van der Waals surface area (Å²) in [6.45, 7) is 0.925. The van der Waals surface area contributed by atoms with Crippen molar-refractivity contribution in [3.63, 3.8) is 0 Å². The molecule has 0 saturated heterocycles. The monoisotopic (exact) mass is 284 g/mol. The van der Waals surface area contributed by atoms with Gasteiger partial charge in [0, 0.05) is 6.42 Å². The molecule has 0 aliphatic carbocycles. The Morgan fingerprint density at radius 1 is 1.44 bits per heavy atom. The molecule has 8 heteroatoms. The Morgan fingerprint density at radius 3 is 2.44 bits per heavy atom. The zero-order chi connectivity index (χ0) is 13.3. The Balaban J connectivity index is 0.00000289. The van der Waals surface area contributed by atoms with E-state index in [2.05, 4.69) is 0 Å². The largest absolute Gasteiger partial charge is 1.00 e. The fraction of sp³-hybridized carbons (Fsp3) is 0.400. The molecule has 2 N–H and O–H groups in total. The van der Waals surface area contributed by atoms with E-state index < -0.39 is 15.1 Å². The summed E-state index contributed by atoms with van der Waals surface area (Å²) < 4.78 is 37.2. The van der Waals surface area contributed by atoms with Gasteiger partial charge >= 0.3 is 29.6 Å². The van der Waals surface area contributed by atoms with E-state index in [9.17, 15) is 23.2 Å². The summed E-state index contributed by atoms with van der Waals surface area (Å²) in [5, 5.41) is 18.9. The molecule has 1 atom stereocenters. The standard InChI is InChI=1S/C10H14O6S.Na/c1-10(12,17(13,14)15)6-7-3-4-8(11)9(5-7)16-2;/h3-5,11-12H,6H2,1-2H3,(H,13,14,15);/q;+1/p-1. The molecular weight excluding hydrogens is 271 g/mol. The number of hydrogen-bond donors (Lipinski definition) is 2. The third-order valence-electron chi connectivity index (χ3n) is 2.31. The van der Waals surface area contributed by atoms with Gasteiger partial charge in [-0.3, -0.25) is 0 Å². The Labute approximate surface area is 128 Å². The number of benzene rings is 1. The first-order chi connectivity index (χ1) is 7.67. The molecule has 0 radical (unpaired) electrons. The normalized spacial score (nSPS) is 14.4. The molecule has 6 nitrogen and oxygen atoms in total. The predicted molar refractivity (Wildman–Crippen MR) is 58.7 cm³/mol. The van der Waals surface area contributed by atoms with Crippen molar-refractivity contribution in [1.82, 2.24) is 0 Å². The second kappa shape index (κ2) is 6.23. The van der Waals surface area contributed by atoms with E-state index in [1.165, 1.54) is 25.3 Å². The van der Waals surface area contributed by atoms with Crippen molar-refractivity contribution in [2.75, 3.05) is 7.11 Å². The summed E-state index contributed by atoms with van der Waals surface area (Å²) >= 11 is 0.